The molecular weight excluding hydrogens is 450 g/mol. The van der Waals surface area contributed by atoms with E-state index in [1.54, 1.807) is 0 Å². The fourth-order valence-electron chi connectivity index (χ4n) is 5.62. The number of hydrogen-bond donors (Lipinski definition) is 0. The molecule has 1 aromatic heterocycles. The summed E-state index contributed by atoms with van der Waals surface area (Å²) in [6.07, 6.45) is 18.1. The van der Waals surface area contributed by atoms with Crippen LogP contribution < -0.4 is 4.74 Å². The lowest BCUT2D eigenvalue weighted by Gasteiger charge is -2.22. The molecule has 1 unspecified atom stereocenters. The van der Waals surface area contributed by atoms with Gasteiger partial charge in [0.25, 0.3) is 0 Å². The van der Waals surface area contributed by atoms with Gasteiger partial charge in [0.2, 0.25) is 0 Å². The Balaban J connectivity index is 1.52. The van der Waals surface area contributed by atoms with Crippen LogP contribution in [0.15, 0.2) is 115 Å². The molecule has 0 spiro atoms. The zero-order valence-electron chi connectivity index (χ0n) is 20.6. The van der Waals surface area contributed by atoms with Crippen molar-refractivity contribution in [1.29, 1.82) is 0 Å². The second-order valence-corrected chi connectivity index (χ2v) is 9.79. The van der Waals surface area contributed by atoms with Crippen LogP contribution in [0.3, 0.4) is 0 Å². The highest BCUT2D eigenvalue weighted by Crippen LogP contribution is 2.45. The fraction of sp³-hybridized carbons (Fsp3) is 0.114. The van der Waals surface area contributed by atoms with E-state index in [0.29, 0.717) is 0 Å². The minimum absolute atomic E-state index is 0.00586. The number of rotatable bonds is 4. The number of aromatic nitrogens is 1. The maximum Gasteiger partial charge on any atom is 0.136 e. The Morgan fingerprint density at radius 2 is 1.59 bits per heavy atom. The first-order valence-corrected chi connectivity index (χ1v) is 13.0. The largest absolute Gasteiger partial charge is 0.485 e. The van der Waals surface area contributed by atoms with E-state index < -0.39 is 0 Å². The number of fused-ring (bicyclic) bond motifs is 3. The van der Waals surface area contributed by atoms with E-state index in [9.17, 15) is 0 Å². The second kappa shape index (κ2) is 9.22. The van der Waals surface area contributed by atoms with Crippen LogP contribution in [-0.4, -0.2) is 11.1 Å². The molecular formula is C35H27NO. The standard InChI is InChI=1S/C35H27NO/c1-3-12-25(13-4-1)33-22-31-32(23-36-33)34(27-20-19-24-11-7-8-14-26(24)21-27)29-17-9-10-18-30(29)35(31)37-28-15-5-2-6-16-28/h1-7,9-13,15,17-23,28H,8,14,16H2. The molecule has 7 rings (SSSR count). The molecule has 0 aliphatic heterocycles. The average Bonchev–Trinajstić information content (AvgIpc) is 2.98. The molecule has 0 radical (unpaired) electrons. The number of benzene rings is 4. The summed E-state index contributed by atoms with van der Waals surface area (Å²) in [6, 6.07) is 28.1. The molecule has 2 heteroatoms. The van der Waals surface area contributed by atoms with Crippen LogP contribution in [0.25, 0.3) is 50.0 Å². The van der Waals surface area contributed by atoms with E-state index in [1.165, 1.54) is 27.6 Å². The van der Waals surface area contributed by atoms with Crippen molar-refractivity contribution in [2.75, 3.05) is 0 Å². The number of ether oxygens (including phenoxy) is 1. The normalized spacial score (nSPS) is 16.3. The van der Waals surface area contributed by atoms with Gasteiger partial charge in [-0.2, -0.15) is 0 Å². The van der Waals surface area contributed by atoms with Crippen molar-refractivity contribution < 1.29 is 4.74 Å². The van der Waals surface area contributed by atoms with Crippen molar-refractivity contribution >= 4 is 27.6 Å². The third-order valence-corrected chi connectivity index (χ3v) is 7.45. The molecule has 0 N–H and O–H groups in total. The van der Waals surface area contributed by atoms with Gasteiger partial charge in [-0.05, 0) is 52.6 Å². The lowest BCUT2D eigenvalue weighted by atomic mass is 9.88. The molecule has 1 atom stereocenters. The molecule has 2 nitrogen and oxygen atoms in total. The minimum Gasteiger partial charge on any atom is -0.485 e. The molecule has 37 heavy (non-hydrogen) atoms. The summed E-state index contributed by atoms with van der Waals surface area (Å²) in [5.41, 5.74) is 7.24. The molecule has 5 aromatic rings. The summed E-state index contributed by atoms with van der Waals surface area (Å²) in [4.78, 5) is 4.95. The summed E-state index contributed by atoms with van der Waals surface area (Å²) >= 11 is 0. The van der Waals surface area contributed by atoms with E-state index in [2.05, 4.69) is 109 Å². The van der Waals surface area contributed by atoms with Crippen molar-refractivity contribution in [3.05, 3.63) is 127 Å². The molecule has 0 bridgehead atoms. The van der Waals surface area contributed by atoms with E-state index in [-0.39, 0.29) is 6.10 Å². The maximum atomic E-state index is 6.78. The lowest BCUT2D eigenvalue weighted by molar-refractivity contribution is 0.258. The number of hydrogen-bond acceptors (Lipinski definition) is 2. The van der Waals surface area contributed by atoms with E-state index in [4.69, 9.17) is 9.72 Å². The SMILES string of the molecule is C1=CCC(Oc2c3ccccc3c(-c3ccc4c(c3)CCC=C4)c3cnc(-c4ccccc4)cc23)C=C1. The summed E-state index contributed by atoms with van der Waals surface area (Å²) in [5.74, 6) is 0.930. The Labute approximate surface area is 217 Å². The van der Waals surface area contributed by atoms with Crippen LogP contribution in [0.1, 0.15) is 24.0 Å². The van der Waals surface area contributed by atoms with E-state index in [1.807, 2.05) is 12.3 Å². The quantitative estimate of drug-likeness (QED) is 0.241. The Morgan fingerprint density at radius 3 is 2.46 bits per heavy atom. The minimum atomic E-state index is 0.00586. The van der Waals surface area contributed by atoms with Crippen molar-refractivity contribution in [2.24, 2.45) is 0 Å². The van der Waals surface area contributed by atoms with Gasteiger partial charge in [-0.1, -0.05) is 103 Å². The van der Waals surface area contributed by atoms with Gasteiger partial charge in [-0.3, -0.25) is 4.98 Å². The van der Waals surface area contributed by atoms with Crippen molar-refractivity contribution in [1.82, 2.24) is 4.98 Å². The molecule has 0 saturated heterocycles. The van der Waals surface area contributed by atoms with Gasteiger partial charge in [0, 0.05) is 34.3 Å². The Hall–Kier alpha value is -4.43. The van der Waals surface area contributed by atoms with Crippen LogP contribution in [0, 0.1) is 0 Å². The maximum absolute atomic E-state index is 6.78. The van der Waals surface area contributed by atoms with Crippen molar-refractivity contribution in [3.63, 3.8) is 0 Å². The van der Waals surface area contributed by atoms with Gasteiger partial charge >= 0.3 is 0 Å². The third kappa shape index (κ3) is 3.95. The highest BCUT2D eigenvalue weighted by atomic mass is 16.5. The van der Waals surface area contributed by atoms with Crippen LogP contribution in [0.5, 0.6) is 5.75 Å². The molecule has 0 fully saturated rings. The third-order valence-electron chi connectivity index (χ3n) is 7.45. The van der Waals surface area contributed by atoms with Gasteiger partial charge in [-0.15, -0.1) is 0 Å². The summed E-state index contributed by atoms with van der Waals surface area (Å²) in [7, 11) is 0. The predicted molar refractivity (Wildman–Crippen MR) is 155 cm³/mol. The first-order chi connectivity index (χ1) is 18.3. The molecule has 2 aliphatic rings. The van der Waals surface area contributed by atoms with Gasteiger partial charge < -0.3 is 4.74 Å². The molecule has 0 amide bonds. The lowest BCUT2D eigenvalue weighted by Crippen LogP contribution is -2.14. The van der Waals surface area contributed by atoms with Gasteiger partial charge in [0.05, 0.1) is 5.69 Å². The van der Waals surface area contributed by atoms with Crippen LogP contribution >= 0.6 is 0 Å². The molecule has 1 heterocycles. The molecule has 2 aliphatic carbocycles. The van der Waals surface area contributed by atoms with E-state index in [0.717, 1.165) is 52.4 Å². The zero-order chi connectivity index (χ0) is 24.6. The van der Waals surface area contributed by atoms with E-state index >= 15 is 0 Å². The number of nitrogens with zero attached hydrogens (tertiary/aromatic N) is 1. The topological polar surface area (TPSA) is 22.1 Å². The van der Waals surface area contributed by atoms with Crippen molar-refractivity contribution in [2.45, 2.75) is 25.4 Å². The first-order valence-electron chi connectivity index (χ1n) is 13.0. The van der Waals surface area contributed by atoms with Gasteiger partial charge in [0.1, 0.15) is 11.9 Å². The number of aryl methyl sites for hydroxylation is 1. The zero-order valence-corrected chi connectivity index (χ0v) is 20.6. The Morgan fingerprint density at radius 1 is 0.730 bits per heavy atom. The monoisotopic (exact) mass is 477 g/mol. The van der Waals surface area contributed by atoms with Gasteiger partial charge in [-0.25, -0.2) is 0 Å². The molecule has 0 saturated carbocycles. The van der Waals surface area contributed by atoms with Crippen LogP contribution in [0.2, 0.25) is 0 Å². The molecule has 178 valence electrons. The van der Waals surface area contributed by atoms with Crippen molar-refractivity contribution in [3.8, 4) is 28.1 Å². The summed E-state index contributed by atoms with van der Waals surface area (Å²) < 4.78 is 6.78. The fourth-order valence-corrected chi connectivity index (χ4v) is 5.62. The number of allylic oxidation sites excluding steroid dienone is 3. The Bertz CT molecular complexity index is 1730. The molecule has 4 aromatic carbocycles. The predicted octanol–water partition coefficient (Wildman–Crippen LogP) is 8.94. The summed E-state index contributed by atoms with van der Waals surface area (Å²) in [6.45, 7) is 0. The highest BCUT2D eigenvalue weighted by molar-refractivity contribution is 6.17. The smallest absolute Gasteiger partial charge is 0.136 e. The van der Waals surface area contributed by atoms with Crippen LogP contribution in [0.4, 0.5) is 0 Å². The number of pyridine rings is 1. The van der Waals surface area contributed by atoms with Crippen LogP contribution in [-0.2, 0) is 6.42 Å². The van der Waals surface area contributed by atoms with Gasteiger partial charge in [0.15, 0.2) is 0 Å². The summed E-state index contributed by atoms with van der Waals surface area (Å²) in [5, 5.41) is 4.55. The second-order valence-electron chi connectivity index (χ2n) is 9.79. The average molecular weight is 478 g/mol. The first kappa shape index (κ1) is 21.8. The Kier molecular flexibility index (Phi) is 5.44. The highest BCUT2D eigenvalue weighted by Gasteiger charge is 2.20.